The molecule has 2 aromatic heterocycles. The standard InChI is InChI=1S/C21H25N5O3S.C2F4O2/c1-2-30(28,29)26-8-6-13(7-9-26)17-12-24-20-15(17)10-14(11-16(20)21(23)27)18-4-3-5-19(22)25-18;3-2(4,5)1(7)8-6/h3-5,10-13,24H,2,6-9H2,1H3,(H2,22,25)(H2,23,27);. The Labute approximate surface area is 214 Å². The molecule has 1 aliphatic heterocycles. The molecule has 0 atom stereocenters. The number of nitrogens with two attached hydrogens (primary N) is 2. The van der Waals surface area contributed by atoms with Crippen LogP contribution >= 0.6 is 0 Å². The number of nitrogens with zero attached hydrogens (tertiary/aromatic N) is 2. The number of aromatic nitrogens is 2. The summed E-state index contributed by atoms with van der Waals surface area (Å²) in [7, 11) is -3.18. The number of carbonyl (C=O) groups excluding carboxylic acids is 2. The fourth-order valence-corrected chi connectivity index (χ4v) is 5.35. The zero-order valence-corrected chi connectivity index (χ0v) is 20.9. The van der Waals surface area contributed by atoms with Crippen molar-refractivity contribution in [3.63, 3.8) is 0 Å². The van der Waals surface area contributed by atoms with Crippen LogP contribution in [0.2, 0.25) is 0 Å². The molecule has 1 aliphatic rings. The van der Waals surface area contributed by atoms with Crippen molar-refractivity contribution in [1.82, 2.24) is 14.3 Å². The first-order chi connectivity index (χ1) is 17.8. The number of alkyl halides is 3. The van der Waals surface area contributed by atoms with Crippen LogP contribution in [-0.4, -0.2) is 59.6 Å². The van der Waals surface area contributed by atoms with E-state index in [0.29, 0.717) is 35.7 Å². The Morgan fingerprint density at radius 2 is 1.87 bits per heavy atom. The van der Waals surface area contributed by atoms with E-state index in [4.69, 9.17) is 16.3 Å². The first-order valence-corrected chi connectivity index (χ1v) is 12.9. The van der Waals surface area contributed by atoms with Crippen LogP contribution in [0, 0.1) is 0 Å². The number of nitrogen functional groups attached to an aromatic ring is 1. The van der Waals surface area contributed by atoms with Gasteiger partial charge in [0.25, 0.3) is 5.91 Å². The van der Waals surface area contributed by atoms with Crippen LogP contribution in [0.25, 0.3) is 22.2 Å². The summed E-state index contributed by atoms with van der Waals surface area (Å²) >= 11 is 0. The molecule has 1 saturated heterocycles. The van der Waals surface area contributed by atoms with E-state index in [-0.39, 0.29) is 11.7 Å². The summed E-state index contributed by atoms with van der Waals surface area (Å²) in [6, 6.07) is 9.07. The lowest BCUT2D eigenvalue weighted by Crippen LogP contribution is -2.38. The van der Waals surface area contributed by atoms with Gasteiger partial charge >= 0.3 is 12.1 Å². The Kier molecular flexibility index (Phi) is 8.61. The summed E-state index contributed by atoms with van der Waals surface area (Å²) in [5.41, 5.74) is 15.0. The van der Waals surface area contributed by atoms with Crippen LogP contribution in [0.3, 0.4) is 0 Å². The molecular weight excluding hydrogens is 534 g/mol. The summed E-state index contributed by atoms with van der Waals surface area (Å²) < 4.78 is 68.4. The average molecular weight is 560 g/mol. The molecule has 0 bridgehead atoms. The molecule has 5 N–H and O–H groups in total. The molecule has 1 aromatic carbocycles. The number of aromatic amines is 1. The second-order valence-electron chi connectivity index (χ2n) is 8.44. The van der Waals surface area contributed by atoms with Gasteiger partial charge in [-0.3, -0.25) is 4.79 Å². The number of anilines is 1. The molecule has 1 fully saturated rings. The SMILES string of the molecule is CCS(=O)(=O)N1CCC(c2c[nH]c3c(C(N)=O)cc(-c4cccc(N)n4)cc23)CC1.O=C(OF)C(F)(F)F. The zero-order chi connectivity index (χ0) is 28.3. The third-order valence-electron chi connectivity index (χ3n) is 6.11. The topological polar surface area (TPSA) is 161 Å². The lowest BCUT2D eigenvalue weighted by atomic mass is 9.89. The predicted molar refractivity (Wildman–Crippen MR) is 131 cm³/mol. The van der Waals surface area contributed by atoms with Gasteiger partial charge in [-0.05, 0) is 55.5 Å². The Bertz CT molecular complexity index is 1430. The largest absolute Gasteiger partial charge is 0.494 e. The number of fused-ring (bicyclic) bond motifs is 1. The van der Waals surface area contributed by atoms with Crippen molar-refractivity contribution in [2.45, 2.75) is 31.9 Å². The van der Waals surface area contributed by atoms with Crippen molar-refractivity contribution < 1.29 is 40.6 Å². The average Bonchev–Trinajstić information content (AvgIpc) is 3.31. The predicted octanol–water partition coefficient (Wildman–Crippen LogP) is 3.42. The molecule has 0 unspecified atom stereocenters. The van der Waals surface area contributed by atoms with Gasteiger partial charge in [0.15, 0.2) is 0 Å². The number of hydrogen-bond acceptors (Lipinski definition) is 7. The molecule has 3 aromatic rings. The Hall–Kier alpha value is -3.72. The van der Waals surface area contributed by atoms with Gasteiger partial charge in [-0.15, -0.1) is 0 Å². The van der Waals surface area contributed by atoms with Crippen LogP contribution < -0.4 is 11.5 Å². The number of hydrogen-bond donors (Lipinski definition) is 3. The minimum Gasteiger partial charge on any atom is -0.384 e. The number of piperidine rings is 1. The number of halogens is 4. The highest BCUT2D eigenvalue weighted by molar-refractivity contribution is 7.89. The zero-order valence-electron chi connectivity index (χ0n) is 20.1. The van der Waals surface area contributed by atoms with Gasteiger partial charge in [0, 0.05) is 34.8 Å². The summed E-state index contributed by atoms with van der Waals surface area (Å²) in [6.45, 7) is 2.65. The molecule has 3 heterocycles. The summed E-state index contributed by atoms with van der Waals surface area (Å²) in [6.07, 6.45) is -1.88. The molecule has 0 spiro atoms. The second kappa shape index (κ2) is 11.3. The molecule has 38 heavy (non-hydrogen) atoms. The van der Waals surface area contributed by atoms with Crippen molar-refractivity contribution in [2.75, 3.05) is 24.6 Å². The number of carbonyl (C=O) groups is 2. The van der Waals surface area contributed by atoms with E-state index in [1.54, 1.807) is 23.4 Å². The highest BCUT2D eigenvalue weighted by Crippen LogP contribution is 2.37. The van der Waals surface area contributed by atoms with Crippen LogP contribution in [0.1, 0.15) is 41.6 Å². The van der Waals surface area contributed by atoms with Crippen molar-refractivity contribution in [2.24, 2.45) is 5.73 Å². The summed E-state index contributed by atoms with van der Waals surface area (Å²) in [5.74, 6) is -2.66. The maximum absolute atomic E-state index is 12.2. The lowest BCUT2D eigenvalue weighted by molar-refractivity contribution is -0.234. The van der Waals surface area contributed by atoms with E-state index in [0.717, 1.165) is 29.4 Å². The fourth-order valence-electron chi connectivity index (χ4n) is 4.22. The molecule has 0 radical (unpaired) electrons. The third kappa shape index (κ3) is 6.39. The van der Waals surface area contributed by atoms with Gasteiger partial charge in [0.2, 0.25) is 10.0 Å². The number of H-pyrrole nitrogens is 1. The maximum atomic E-state index is 12.2. The second-order valence-corrected chi connectivity index (χ2v) is 10.7. The van der Waals surface area contributed by atoms with E-state index in [2.05, 4.69) is 9.97 Å². The number of primary amides is 1. The minimum atomic E-state index is -5.23. The normalized spacial score (nSPS) is 15.1. The number of amides is 1. The van der Waals surface area contributed by atoms with Crippen molar-refractivity contribution in [1.29, 1.82) is 0 Å². The van der Waals surface area contributed by atoms with Crippen molar-refractivity contribution >= 4 is 38.6 Å². The third-order valence-corrected chi connectivity index (χ3v) is 7.99. The summed E-state index contributed by atoms with van der Waals surface area (Å²) in [5, 5.41) is 0.905. The van der Waals surface area contributed by atoms with E-state index in [1.165, 1.54) is 0 Å². The molecule has 4 rings (SSSR count). The van der Waals surface area contributed by atoms with Crippen LogP contribution in [-0.2, 0) is 19.8 Å². The number of nitrogens with one attached hydrogen (secondary N) is 1. The Morgan fingerprint density at radius 1 is 1.21 bits per heavy atom. The molecule has 1 amide bonds. The number of pyridine rings is 1. The van der Waals surface area contributed by atoms with Gasteiger partial charge in [0.05, 0.1) is 22.5 Å². The van der Waals surface area contributed by atoms with Crippen molar-refractivity contribution in [3.05, 3.63) is 47.7 Å². The molecule has 0 saturated carbocycles. The first kappa shape index (κ1) is 28.8. The van der Waals surface area contributed by atoms with Crippen LogP contribution in [0.5, 0.6) is 0 Å². The fraction of sp³-hybridized carbons (Fsp3) is 0.348. The van der Waals surface area contributed by atoms with E-state index >= 15 is 0 Å². The van der Waals surface area contributed by atoms with E-state index in [9.17, 15) is 30.9 Å². The monoisotopic (exact) mass is 559 g/mol. The van der Waals surface area contributed by atoms with E-state index in [1.807, 2.05) is 29.3 Å². The summed E-state index contributed by atoms with van der Waals surface area (Å²) in [4.78, 5) is 30.6. The Morgan fingerprint density at radius 3 is 2.37 bits per heavy atom. The molecule has 10 nitrogen and oxygen atoms in total. The van der Waals surface area contributed by atoms with Gasteiger partial charge in [-0.2, -0.15) is 13.2 Å². The lowest BCUT2D eigenvalue weighted by Gasteiger charge is -2.31. The highest BCUT2D eigenvalue weighted by Gasteiger charge is 2.42. The number of benzene rings is 1. The van der Waals surface area contributed by atoms with E-state index < -0.39 is 28.1 Å². The number of rotatable bonds is 5. The Balaban J connectivity index is 0.000000436. The van der Waals surface area contributed by atoms with Crippen molar-refractivity contribution in [3.8, 4) is 11.3 Å². The molecule has 0 aliphatic carbocycles. The molecule has 15 heteroatoms. The van der Waals surface area contributed by atoms with Gasteiger partial charge in [0.1, 0.15) is 5.82 Å². The minimum absolute atomic E-state index is 0.114. The van der Waals surface area contributed by atoms with Gasteiger partial charge in [-0.25, -0.2) is 27.4 Å². The first-order valence-electron chi connectivity index (χ1n) is 11.3. The molecule has 206 valence electrons. The molecular formula is C23H25F4N5O5S. The number of sulfonamides is 1. The smallest absolute Gasteiger partial charge is 0.384 e. The maximum Gasteiger partial charge on any atom is 0.494 e. The van der Waals surface area contributed by atoms with Gasteiger partial charge < -0.3 is 16.5 Å². The van der Waals surface area contributed by atoms with Gasteiger partial charge in [-0.1, -0.05) is 6.07 Å². The highest BCUT2D eigenvalue weighted by atomic mass is 32.2. The van der Waals surface area contributed by atoms with Crippen LogP contribution in [0.15, 0.2) is 36.5 Å². The van der Waals surface area contributed by atoms with Crippen LogP contribution in [0.4, 0.5) is 23.5 Å². The quantitative estimate of drug-likeness (QED) is 0.404.